The zero-order chi connectivity index (χ0) is 20.2. The average molecular weight is 427 g/mol. The summed E-state index contributed by atoms with van der Waals surface area (Å²) < 4.78 is 8.58. The molecule has 0 bridgehead atoms. The lowest BCUT2D eigenvalue weighted by Gasteiger charge is -2.19. The Morgan fingerprint density at radius 2 is 2.03 bits per heavy atom. The molecule has 8 heteroatoms. The molecule has 6 nitrogen and oxygen atoms in total. The first-order valence-electron chi connectivity index (χ1n) is 9.04. The van der Waals surface area contributed by atoms with Crippen molar-refractivity contribution in [2.24, 2.45) is 7.05 Å². The first-order chi connectivity index (χ1) is 14.1. The van der Waals surface area contributed by atoms with Gasteiger partial charge in [-0.1, -0.05) is 35.9 Å². The summed E-state index contributed by atoms with van der Waals surface area (Å²) >= 11 is 7.57. The van der Waals surface area contributed by atoms with Gasteiger partial charge in [-0.05, 0) is 29.8 Å². The number of thiazole rings is 1. The van der Waals surface area contributed by atoms with Crippen LogP contribution in [0.15, 0.2) is 60.9 Å². The minimum absolute atomic E-state index is 0.0650. The van der Waals surface area contributed by atoms with Gasteiger partial charge in [0.1, 0.15) is 23.5 Å². The summed E-state index contributed by atoms with van der Waals surface area (Å²) in [7, 11) is 1.89. The van der Waals surface area contributed by atoms with E-state index in [4.69, 9.17) is 16.3 Å². The van der Waals surface area contributed by atoms with Crippen molar-refractivity contribution >= 4 is 39.1 Å². The quantitative estimate of drug-likeness (QED) is 0.483. The Labute approximate surface area is 177 Å². The number of benzene rings is 2. The lowest BCUT2D eigenvalue weighted by Crippen LogP contribution is -2.33. The summed E-state index contributed by atoms with van der Waals surface area (Å²) in [6.45, 7) is 0.227. The third kappa shape index (κ3) is 4.64. The highest BCUT2D eigenvalue weighted by molar-refractivity contribution is 7.18. The third-order valence-electron chi connectivity index (χ3n) is 4.42. The second-order valence-electron chi connectivity index (χ2n) is 6.52. The minimum atomic E-state index is -0.397. The standard InChI is InChI=1S/C21H19ClN4O2S/c1-26-11-10-23-21(26)20(14-6-8-15(22)9-7-14)25-18(27)12-28-13-19-24-16-4-2-3-5-17(16)29-19/h2-11,20H,12-13H2,1H3,(H,25,27)/t20-/m1/s1. The van der Waals surface area contributed by atoms with Crippen LogP contribution in [-0.2, 0) is 23.2 Å². The molecule has 2 aromatic heterocycles. The van der Waals surface area contributed by atoms with Crippen LogP contribution in [0.1, 0.15) is 22.4 Å². The number of para-hydroxylation sites is 1. The summed E-state index contributed by atoms with van der Waals surface area (Å²) in [5.74, 6) is 0.501. The van der Waals surface area contributed by atoms with Crippen LogP contribution in [0.4, 0.5) is 0 Å². The lowest BCUT2D eigenvalue weighted by atomic mass is 10.1. The fraction of sp³-hybridized carbons (Fsp3) is 0.190. The van der Waals surface area contributed by atoms with Crippen molar-refractivity contribution in [2.45, 2.75) is 12.6 Å². The predicted octanol–water partition coefficient (Wildman–Crippen LogP) is 4.11. The van der Waals surface area contributed by atoms with Crippen LogP contribution in [0.3, 0.4) is 0 Å². The van der Waals surface area contributed by atoms with E-state index < -0.39 is 6.04 Å². The molecule has 1 N–H and O–H groups in total. The summed E-state index contributed by atoms with van der Waals surface area (Å²) in [6.07, 6.45) is 3.54. The molecule has 4 aromatic rings. The van der Waals surface area contributed by atoms with Gasteiger partial charge in [-0.25, -0.2) is 9.97 Å². The molecule has 0 fully saturated rings. The molecule has 0 radical (unpaired) electrons. The summed E-state index contributed by atoms with van der Waals surface area (Å²) in [5, 5.41) is 4.48. The van der Waals surface area contributed by atoms with Crippen molar-refractivity contribution in [2.75, 3.05) is 6.61 Å². The molecule has 0 aliphatic carbocycles. The highest BCUT2D eigenvalue weighted by Crippen LogP contribution is 2.23. The smallest absolute Gasteiger partial charge is 0.246 e. The molecule has 0 unspecified atom stereocenters. The summed E-state index contributed by atoms with van der Waals surface area (Å²) in [6, 6.07) is 14.9. The van der Waals surface area contributed by atoms with Crippen LogP contribution in [0.25, 0.3) is 10.2 Å². The number of carbonyl (C=O) groups is 1. The number of hydrogen-bond acceptors (Lipinski definition) is 5. The van der Waals surface area contributed by atoms with E-state index in [2.05, 4.69) is 15.3 Å². The maximum Gasteiger partial charge on any atom is 0.246 e. The van der Waals surface area contributed by atoms with E-state index in [0.717, 1.165) is 26.6 Å². The zero-order valence-corrected chi connectivity index (χ0v) is 17.3. The van der Waals surface area contributed by atoms with Gasteiger partial charge in [0.25, 0.3) is 0 Å². The number of nitrogens with one attached hydrogen (secondary N) is 1. The second kappa shape index (κ2) is 8.73. The van der Waals surface area contributed by atoms with E-state index in [9.17, 15) is 4.79 Å². The van der Waals surface area contributed by atoms with E-state index in [0.29, 0.717) is 11.6 Å². The Hall–Kier alpha value is -2.74. The minimum Gasteiger partial charge on any atom is -0.364 e. The molecule has 4 rings (SSSR count). The van der Waals surface area contributed by atoms with Gasteiger partial charge >= 0.3 is 0 Å². The van der Waals surface area contributed by atoms with Crippen LogP contribution in [-0.4, -0.2) is 27.0 Å². The van der Waals surface area contributed by atoms with E-state index >= 15 is 0 Å². The van der Waals surface area contributed by atoms with Crippen molar-refractivity contribution in [3.05, 3.63) is 82.3 Å². The number of carbonyl (C=O) groups excluding carboxylic acids is 1. The number of fused-ring (bicyclic) bond motifs is 1. The van der Waals surface area contributed by atoms with Crippen molar-refractivity contribution < 1.29 is 9.53 Å². The third-order valence-corrected chi connectivity index (χ3v) is 5.68. The highest BCUT2D eigenvalue weighted by Gasteiger charge is 2.21. The van der Waals surface area contributed by atoms with E-state index in [-0.39, 0.29) is 12.5 Å². The molecular weight excluding hydrogens is 408 g/mol. The van der Waals surface area contributed by atoms with Crippen LogP contribution in [0, 0.1) is 0 Å². The largest absolute Gasteiger partial charge is 0.364 e. The molecule has 0 spiro atoms. The highest BCUT2D eigenvalue weighted by atomic mass is 35.5. The molecule has 29 heavy (non-hydrogen) atoms. The Kier molecular flexibility index (Phi) is 5.89. The summed E-state index contributed by atoms with van der Waals surface area (Å²) in [5.41, 5.74) is 1.83. The monoisotopic (exact) mass is 426 g/mol. The normalized spacial score (nSPS) is 12.2. The van der Waals surface area contributed by atoms with Gasteiger partial charge in [0.05, 0.1) is 16.8 Å². The maximum atomic E-state index is 12.5. The average Bonchev–Trinajstić information content (AvgIpc) is 3.32. The molecule has 0 saturated carbocycles. The molecule has 148 valence electrons. The molecule has 1 atom stereocenters. The van der Waals surface area contributed by atoms with Crippen molar-refractivity contribution in [3.8, 4) is 0 Å². The Balaban J connectivity index is 1.41. The maximum absolute atomic E-state index is 12.5. The Bertz CT molecular complexity index is 1090. The predicted molar refractivity (Wildman–Crippen MR) is 114 cm³/mol. The van der Waals surface area contributed by atoms with Crippen molar-refractivity contribution in [1.29, 1.82) is 0 Å². The molecule has 0 aliphatic rings. The van der Waals surface area contributed by atoms with E-state index in [1.807, 2.05) is 54.2 Å². The molecule has 2 aromatic carbocycles. The fourth-order valence-corrected chi connectivity index (χ4v) is 4.05. The van der Waals surface area contributed by atoms with Gasteiger partial charge < -0.3 is 14.6 Å². The number of hydrogen-bond donors (Lipinski definition) is 1. The number of imidazole rings is 1. The number of nitrogens with zero attached hydrogens (tertiary/aromatic N) is 3. The summed E-state index contributed by atoms with van der Waals surface area (Å²) in [4.78, 5) is 21.4. The topological polar surface area (TPSA) is 69.0 Å². The molecule has 1 amide bonds. The Morgan fingerprint density at radius 3 is 2.76 bits per heavy atom. The number of rotatable bonds is 7. The second-order valence-corrected chi connectivity index (χ2v) is 8.07. The van der Waals surface area contributed by atoms with E-state index in [1.165, 1.54) is 0 Å². The van der Waals surface area contributed by atoms with Gasteiger partial charge in [-0.15, -0.1) is 11.3 Å². The lowest BCUT2D eigenvalue weighted by molar-refractivity contribution is -0.126. The van der Waals surface area contributed by atoms with Gasteiger partial charge in [0.2, 0.25) is 5.91 Å². The first kappa shape index (κ1) is 19.6. The SMILES string of the molecule is Cn1ccnc1[C@H](NC(=O)COCc1nc2ccccc2s1)c1ccc(Cl)cc1. The molecule has 0 saturated heterocycles. The number of ether oxygens (including phenoxy) is 1. The van der Waals surface area contributed by atoms with E-state index in [1.54, 1.807) is 29.7 Å². The molecule has 2 heterocycles. The first-order valence-corrected chi connectivity index (χ1v) is 10.2. The fourth-order valence-electron chi connectivity index (χ4n) is 3.02. The number of amides is 1. The van der Waals surface area contributed by atoms with Gasteiger partial charge in [0, 0.05) is 24.5 Å². The number of aryl methyl sites for hydroxylation is 1. The van der Waals surface area contributed by atoms with Gasteiger partial charge in [-0.2, -0.15) is 0 Å². The Morgan fingerprint density at radius 1 is 1.24 bits per heavy atom. The van der Waals surface area contributed by atoms with Crippen LogP contribution in [0.2, 0.25) is 5.02 Å². The van der Waals surface area contributed by atoms with Gasteiger partial charge in [0.15, 0.2) is 0 Å². The zero-order valence-electron chi connectivity index (χ0n) is 15.7. The number of halogens is 1. The number of aromatic nitrogens is 3. The van der Waals surface area contributed by atoms with Crippen molar-refractivity contribution in [1.82, 2.24) is 19.9 Å². The van der Waals surface area contributed by atoms with Crippen LogP contribution < -0.4 is 5.32 Å². The van der Waals surface area contributed by atoms with Gasteiger partial charge in [-0.3, -0.25) is 4.79 Å². The van der Waals surface area contributed by atoms with Crippen LogP contribution >= 0.6 is 22.9 Å². The van der Waals surface area contributed by atoms with Crippen LogP contribution in [0.5, 0.6) is 0 Å². The van der Waals surface area contributed by atoms with Crippen molar-refractivity contribution in [3.63, 3.8) is 0 Å². The molecule has 0 aliphatic heterocycles. The molecular formula is C21H19ClN4O2S.